The molecule has 0 saturated heterocycles. The SMILES string of the molecule is CC(=O)c1cccc(Nc2ccc(NS(=O)(=O)c3ccc(C)cc3)nc2)c1. The molecule has 0 aliphatic heterocycles. The van der Waals surface area contributed by atoms with E-state index >= 15 is 0 Å². The van der Waals surface area contributed by atoms with Crippen molar-refractivity contribution in [3.63, 3.8) is 0 Å². The second-order valence-electron chi connectivity index (χ2n) is 6.11. The van der Waals surface area contributed by atoms with Crippen molar-refractivity contribution >= 4 is 33.0 Å². The summed E-state index contributed by atoms with van der Waals surface area (Å²) in [6.45, 7) is 3.40. The molecule has 2 aromatic carbocycles. The number of benzene rings is 2. The van der Waals surface area contributed by atoms with Crippen LogP contribution in [0.3, 0.4) is 0 Å². The van der Waals surface area contributed by atoms with Gasteiger partial charge in [-0.25, -0.2) is 13.4 Å². The van der Waals surface area contributed by atoms with Gasteiger partial charge in [0.2, 0.25) is 0 Å². The monoisotopic (exact) mass is 381 g/mol. The van der Waals surface area contributed by atoms with Gasteiger partial charge in [0.15, 0.2) is 5.78 Å². The van der Waals surface area contributed by atoms with E-state index in [4.69, 9.17) is 0 Å². The second-order valence-corrected chi connectivity index (χ2v) is 7.80. The quantitative estimate of drug-likeness (QED) is 0.627. The molecule has 1 heterocycles. The molecule has 27 heavy (non-hydrogen) atoms. The van der Waals surface area contributed by atoms with E-state index in [9.17, 15) is 13.2 Å². The number of anilines is 3. The first kappa shape index (κ1) is 18.6. The third kappa shape index (κ3) is 4.71. The summed E-state index contributed by atoms with van der Waals surface area (Å²) in [5.41, 5.74) is 3.01. The minimum absolute atomic E-state index is 0.0161. The highest BCUT2D eigenvalue weighted by molar-refractivity contribution is 7.92. The predicted molar refractivity (Wildman–Crippen MR) is 106 cm³/mol. The summed E-state index contributed by atoms with van der Waals surface area (Å²) in [4.78, 5) is 15.8. The van der Waals surface area contributed by atoms with E-state index in [0.717, 1.165) is 11.3 Å². The largest absolute Gasteiger partial charge is 0.354 e. The maximum absolute atomic E-state index is 12.4. The predicted octanol–water partition coefficient (Wildman–Crippen LogP) is 4.14. The van der Waals surface area contributed by atoms with Crippen molar-refractivity contribution in [2.75, 3.05) is 10.0 Å². The molecule has 1 aromatic heterocycles. The number of Topliss-reactive ketones (excluding diaryl/α,β-unsaturated/α-hetero) is 1. The van der Waals surface area contributed by atoms with Crippen LogP contribution in [-0.4, -0.2) is 19.2 Å². The zero-order valence-corrected chi connectivity index (χ0v) is 15.7. The van der Waals surface area contributed by atoms with Crippen LogP contribution in [0.2, 0.25) is 0 Å². The van der Waals surface area contributed by atoms with Crippen LogP contribution >= 0.6 is 0 Å². The molecule has 6 nitrogen and oxygen atoms in total. The molecule has 0 bridgehead atoms. The average Bonchev–Trinajstić information content (AvgIpc) is 2.64. The third-order valence-electron chi connectivity index (χ3n) is 3.89. The number of carbonyl (C=O) groups is 1. The van der Waals surface area contributed by atoms with Crippen LogP contribution in [0.25, 0.3) is 0 Å². The Morgan fingerprint density at radius 1 is 0.963 bits per heavy atom. The van der Waals surface area contributed by atoms with Crippen LogP contribution in [0.4, 0.5) is 17.2 Å². The summed E-state index contributed by atoms with van der Waals surface area (Å²) >= 11 is 0. The highest BCUT2D eigenvalue weighted by Gasteiger charge is 2.14. The van der Waals surface area contributed by atoms with Crippen molar-refractivity contribution in [3.8, 4) is 0 Å². The molecule has 0 aliphatic rings. The Morgan fingerprint density at radius 3 is 2.33 bits per heavy atom. The lowest BCUT2D eigenvalue weighted by molar-refractivity contribution is 0.101. The summed E-state index contributed by atoms with van der Waals surface area (Å²) in [6.07, 6.45) is 1.52. The van der Waals surface area contributed by atoms with Gasteiger partial charge in [0.25, 0.3) is 10.0 Å². The van der Waals surface area contributed by atoms with Gasteiger partial charge in [-0.1, -0.05) is 29.8 Å². The van der Waals surface area contributed by atoms with E-state index in [1.807, 2.05) is 13.0 Å². The first-order valence-electron chi connectivity index (χ1n) is 8.27. The molecule has 0 radical (unpaired) electrons. The maximum Gasteiger partial charge on any atom is 0.263 e. The number of aromatic nitrogens is 1. The van der Waals surface area contributed by atoms with Gasteiger partial charge >= 0.3 is 0 Å². The lowest BCUT2D eigenvalue weighted by Crippen LogP contribution is -2.13. The Labute approximate surface area is 158 Å². The Balaban J connectivity index is 1.73. The molecule has 7 heteroatoms. The van der Waals surface area contributed by atoms with E-state index in [0.29, 0.717) is 11.3 Å². The molecule has 0 aliphatic carbocycles. The zero-order valence-electron chi connectivity index (χ0n) is 14.9. The van der Waals surface area contributed by atoms with Gasteiger partial charge < -0.3 is 5.32 Å². The Hall–Kier alpha value is -3.19. The van der Waals surface area contributed by atoms with E-state index in [1.165, 1.54) is 13.1 Å². The normalized spacial score (nSPS) is 11.0. The van der Waals surface area contributed by atoms with Gasteiger partial charge in [-0.05, 0) is 50.2 Å². The number of nitrogens with one attached hydrogen (secondary N) is 2. The van der Waals surface area contributed by atoms with Gasteiger partial charge in [-0.3, -0.25) is 9.52 Å². The third-order valence-corrected chi connectivity index (χ3v) is 5.26. The highest BCUT2D eigenvalue weighted by Crippen LogP contribution is 2.20. The summed E-state index contributed by atoms with van der Waals surface area (Å²) < 4.78 is 27.2. The topological polar surface area (TPSA) is 88.2 Å². The average molecular weight is 381 g/mol. The van der Waals surface area contributed by atoms with Crippen molar-refractivity contribution < 1.29 is 13.2 Å². The molecule has 0 unspecified atom stereocenters. The lowest BCUT2D eigenvalue weighted by Gasteiger charge is -2.10. The summed E-state index contributed by atoms with van der Waals surface area (Å²) in [5, 5.41) is 3.14. The Morgan fingerprint density at radius 2 is 1.70 bits per heavy atom. The van der Waals surface area contributed by atoms with Crippen LogP contribution in [0.1, 0.15) is 22.8 Å². The Kier molecular flexibility index (Phi) is 5.23. The summed E-state index contributed by atoms with van der Waals surface area (Å²) in [5.74, 6) is 0.205. The molecular weight excluding hydrogens is 362 g/mol. The van der Waals surface area contributed by atoms with Crippen LogP contribution in [0.15, 0.2) is 71.8 Å². The van der Waals surface area contributed by atoms with Gasteiger partial charge in [0, 0.05) is 11.3 Å². The van der Waals surface area contributed by atoms with Crippen LogP contribution in [0.5, 0.6) is 0 Å². The lowest BCUT2D eigenvalue weighted by atomic mass is 10.1. The molecule has 0 fully saturated rings. The van der Waals surface area contributed by atoms with Crippen LogP contribution in [0, 0.1) is 6.92 Å². The molecule has 0 atom stereocenters. The first-order chi connectivity index (χ1) is 12.8. The molecule has 3 aromatic rings. The van der Waals surface area contributed by atoms with Crippen molar-refractivity contribution in [3.05, 3.63) is 78.0 Å². The minimum atomic E-state index is -3.69. The van der Waals surface area contributed by atoms with E-state index < -0.39 is 10.0 Å². The first-order valence-corrected chi connectivity index (χ1v) is 9.75. The maximum atomic E-state index is 12.4. The summed E-state index contributed by atoms with van der Waals surface area (Å²) in [6, 6.07) is 17.0. The van der Waals surface area contributed by atoms with E-state index in [2.05, 4.69) is 15.0 Å². The number of carbonyl (C=O) groups excluding carboxylic acids is 1. The number of rotatable bonds is 6. The molecule has 3 rings (SSSR count). The van der Waals surface area contributed by atoms with Crippen molar-refractivity contribution in [1.82, 2.24) is 4.98 Å². The molecule has 0 spiro atoms. The molecule has 138 valence electrons. The standard InChI is InChI=1S/C20H19N3O3S/c1-14-6-9-19(10-7-14)27(25,26)23-20-11-8-18(13-21-20)22-17-5-3-4-16(12-17)15(2)24/h3-13,22H,1-2H3,(H,21,23). The van der Waals surface area contributed by atoms with E-state index in [1.54, 1.807) is 54.6 Å². The summed E-state index contributed by atoms with van der Waals surface area (Å²) in [7, 11) is -3.69. The number of sulfonamides is 1. The fraction of sp³-hybridized carbons (Fsp3) is 0.100. The van der Waals surface area contributed by atoms with Gasteiger partial charge in [0.1, 0.15) is 5.82 Å². The number of hydrogen-bond acceptors (Lipinski definition) is 5. The van der Waals surface area contributed by atoms with Gasteiger partial charge in [0.05, 0.1) is 16.8 Å². The van der Waals surface area contributed by atoms with Crippen LogP contribution in [-0.2, 0) is 10.0 Å². The van der Waals surface area contributed by atoms with Crippen molar-refractivity contribution in [1.29, 1.82) is 0 Å². The fourth-order valence-electron chi connectivity index (χ4n) is 2.42. The van der Waals surface area contributed by atoms with Gasteiger partial charge in [-0.2, -0.15) is 0 Å². The Bertz CT molecular complexity index is 1060. The zero-order chi connectivity index (χ0) is 19.4. The molecular formula is C20H19N3O3S. The fourth-order valence-corrected chi connectivity index (χ4v) is 3.43. The van der Waals surface area contributed by atoms with Crippen LogP contribution < -0.4 is 10.0 Å². The number of nitrogens with zero attached hydrogens (tertiary/aromatic N) is 1. The minimum Gasteiger partial charge on any atom is -0.354 e. The number of aryl methyl sites for hydroxylation is 1. The number of hydrogen-bond donors (Lipinski definition) is 2. The van der Waals surface area contributed by atoms with Gasteiger partial charge in [-0.15, -0.1) is 0 Å². The smallest absolute Gasteiger partial charge is 0.263 e. The molecule has 0 amide bonds. The highest BCUT2D eigenvalue weighted by atomic mass is 32.2. The van der Waals surface area contributed by atoms with Crippen molar-refractivity contribution in [2.24, 2.45) is 0 Å². The molecule has 0 saturated carbocycles. The number of pyridine rings is 1. The second kappa shape index (κ2) is 7.59. The van der Waals surface area contributed by atoms with Crippen molar-refractivity contribution in [2.45, 2.75) is 18.7 Å². The number of ketones is 1. The van der Waals surface area contributed by atoms with E-state index in [-0.39, 0.29) is 16.5 Å². The molecule has 2 N–H and O–H groups in total.